The van der Waals surface area contributed by atoms with Crippen molar-refractivity contribution >= 4 is 34.9 Å². The van der Waals surface area contributed by atoms with Gasteiger partial charge in [-0.3, -0.25) is 10.1 Å². The average molecular weight is 370 g/mol. The summed E-state index contributed by atoms with van der Waals surface area (Å²) in [6.07, 6.45) is 0. The van der Waals surface area contributed by atoms with E-state index in [4.69, 9.17) is 32.7 Å². The van der Waals surface area contributed by atoms with Crippen LogP contribution in [-0.4, -0.2) is 24.1 Å². The maximum absolute atomic E-state index is 12.0. The van der Waals surface area contributed by atoms with Crippen LogP contribution < -0.4 is 4.74 Å². The van der Waals surface area contributed by atoms with Gasteiger partial charge in [-0.15, -0.1) is 0 Å². The molecule has 0 N–H and O–H groups in total. The number of nitrogens with zero attached hydrogens (tertiary/aromatic N) is 1. The van der Waals surface area contributed by atoms with E-state index < -0.39 is 10.9 Å². The monoisotopic (exact) mass is 369 g/mol. The van der Waals surface area contributed by atoms with E-state index in [0.29, 0.717) is 15.8 Å². The van der Waals surface area contributed by atoms with E-state index >= 15 is 0 Å². The van der Waals surface area contributed by atoms with Gasteiger partial charge in [0.1, 0.15) is 13.2 Å². The first-order chi connectivity index (χ1) is 11.4. The number of nitro benzene ring substituents is 1. The SMILES string of the molecule is Cc1c(C(=O)OCCOc2c(Cl)cccc2Cl)cccc1[N+](=O)[O-]. The van der Waals surface area contributed by atoms with Crippen LogP contribution in [0, 0.1) is 17.0 Å². The average Bonchev–Trinajstić information content (AvgIpc) is 2.53. The predicted molar refractivity (Wildman–Crippen MR) is 90.1 cm³/mol. The van der Waals surface area contributed by atoms with E-state index in [2.05, 4.69) is 0 Å². The van der Waals surface area contributed by atoms with E-state index in [-0.39, 0.29) is 30.0 Å². The molecule has 0 unspecified atom stereocenters. The number of halogens is 2. The molecule has 0 aliphatic rings. The molecule has 2 rings (SSSR count). The normalized spacial score (nSPS) is 10.3. The van der Waals surface area contributed by atoms with Gasteiger partial charge in [0.2, 0.25) is 0 Å². The highest BCUT2D eigenvalue weighted by Gasteiger charge is 2.19. The van der Waals surface area contributed by atoms with E-state index in [1.807, 2.05) is 0 Å². The summed E-state index contributed by atoms with van der Waals surface area (Å²) in [6, 6.07) is 9.16. The summed E-state index contributed by atoms with van der Waals surface area (Å²) in [5.41, 5.74) is 0.256. The quantitative estimate of drug-likeness (QED) is 0.325. The van der Waals surface area contributed by atoms with Gasteiger partial charge in [0.15, 0.2) is 5.75 Å². The highest BCUT2D eigenvalue weighted by molar-refractivity contribution is 6.37. The molecular weight excluding hydrogens is 357 g/mol. The first-order valence-electron chi connectivity index (χ1n) is 6.89. The second kappa shape index (κ2) is 7.99. The third kappa shape index (κ3) is 4.15. The number of carbonyl (C=O) groups excluding carboxylic acids is 1. The van der Waals surface area contributed by atoms with Crippen LogP contribution in [0.3, 0.4) is 0 Å². The largest absolute Gasteiger partial charge is 0.487 e. The lowest BCUT2D eigenvalue weighted by Gasteiger charge is -2.11. The fourth-order valence-corrected chi connectivity index (χ4v) is 2.53. The third-order valence-electron chi connectivity index (χ3n) is 3.20. The van der Waals surface area contributed by atoms with Gasteiger partial charge in [-0.25, -0.2) is 4.79 Å². The van der Waals surface area contributed by atoms with Gasteiger partial charge >= 0.3 is 5.97 Å². The molecule has 0 fully saturated rings. The Morgan fingerprint density at radius 3 is 2.38 bits per heavy atom. The standard InChI is InChI=1S/C16H13Cl2NO5/c1-10-11(4-2-7-14(10)19(21)22)16(20)24-9-8-23-15-12(17)5-3-6-13(15)18/h2-7H,8-9H2,1H3. The van der Waals surface area contributed by atoms with Crippen molar-refractivity contribution in [2.45, 2.75) is 6.92 Å². The Hall–Kier alpha value is -2.31. The van der Waals surface area contributed by atoms with Crippen LogP contribution in [0.1, 0.15) is 15.9 Å². The Bertz CT molecular complexity index is 759. The van der Waals surface area contributed by atoms with E-state index in [0.717, 1.165) is 0 Å². The number of para-hydroxylation sites is 1. The molecule has 0 spiro atoms. The van der Waals surface area contributed by atoms with Crippen LogP contribution in [0.15, 0.2) is 36.4 Å². The summed E-state index contributed by atoms with van der Waals surface area (Å²) >= 11 is 11.9. The number of rotatable bonds is 6. The molecule has 0 saturated carbocycles. The summed E-state index contributed by atoms with van der Waals surface area (Å²) in [7, 11) is 0. The van der Waals surface area contributed by atoms with Gasteiger partial charge in [0.05, 0.1) is 20.5 Å². The smallest absolute Gasteiger partial charge is 0.338 e. The first kappa shape index (κ1) is 18.0. The first-order valence-corrected chi connectivity index (χ1v) is 7.65. The van der Waals surface area contributed by atoms with Gasteiger partial charge in [-0.2, -0.15) is 0 Å². The molecule has 2 aromatic carbocycles. The fourth-order valence-electron chi connectivity index (χ4n) is 2.02. The van der Waals surface area contributed by atoms with Crippen molar-refractivity contribution in [3.63, 3.8) is 0 Å². The van der Waals surface area contributed by atoms with E-state index in [1.54, 1.807) is 18.2 Å². The Kier molecular flexibility index (Phi) is 6.00. The summed E-state index contributed by atoms with van der Waals surface area (Å²) in [4.78, 5) is 22.4. The molecule has 0 aliphatic heterocycles. The molecule has 0 radical (unpaired) electrons. The number of ether oxygens (including phenoxy) is 2. The summed E-state index contributed by atoms with van der Waals surface area (Å²) < 4.78 is 10.5. The predicted octanol–water partition coefficient (Wildman–Crippen LogP) is 4.45. The van der Waals surface area contributed by atoms with Crippen molar-refractivity contribution in [3.05, 3.63) is 67.7 Å². The highest BCUT2D eigenvalue weighted by Crippen LogP contribution is 2.32. The van der Waals surface area contributed by atoms with Gasteiger partial charge in [-0.05, 0) is 25.1 Å². The number of hydrogen-bond acceptors (Lipinski definition) is 5. The zero-order chi connectivity index (χ0) is 17.7. The number of benzene rings is 2. The van der Waals surface area contributed by atoms with Gasteiger partial charge in [0, 0.05) is 11.6 Å². The lowest BCUT2D eigenvalue weighted by atomic mass is 10.1. The lowest BCUT2D eigenvalue weighted by Crippen LogP contribution is -2.14. The minimum Gasteiger partial charge on any atom is -0.487 e. The van der Waals surface area contributed by atoms with Crippen LogP contribution >= 0.6 is 23.2 Å². The Balaban J connectivity index is 1.95. The van der Waals surface area contributed by atoms with Crippen LogP contribution in [0.4, 0.5) is 5.69 Å². The maximum atomic E-state index is 12.0. The van der Waals surface area contributed by atoms with Crippen molar-refractivity contribution in [3.8, 4) is 5.75 Å². The number of hydrogen-bond donors (Lipinski definition) is 0. The van der Waals surface area contributed by atoms with Crippen molar-refractivity contribution < 1.29 is 19.2 Å². The topological polar surface area (TPSA) is 78.7 Å². The summed E-state index contributed by atoms with van der Waals surface area (Å²) in [5, 5.41) is 11.6. The maximum Gasteiger partial charge on any atom is 0.338 e. The van der Waals surface area contributed by atoms with E-state index in [9.17, 15) is 14.9 Å². The van der Waals surface area contributed by atoms with Crippen molar-refractivity contribution in [2.24, 2.45) is 0 Å². The molecule has 8 heteroatoms. The number of nitro groups is 1. The van der Waals surface area contributed by atoms with Crippen LogP contribution in [-0.2, 0) is 4.74 Å². The second-order valence-electron chi connectivity index (χ2n) is 4.74. The Morgan fingerprint density at radius 2 is 1.75 bits per heavy atom. The molecule has 2 aromatic rings. The molecule has 6 nitrogen and oxygen atoms in total. The minimum atomic E-state index is -0.662. The van der Waals surface area contributed by atoms with Crippen molar-refractivity contribution in [1.29, 1.82) is 0 Å². The molecular formula is C16H13Cl2NO5. The molecule has 0 bridgehead atoms. The van der Waals surface area contributed by atoms with Crippen LogP contribution in [0.2, 0.25) is 10.0 Å². The molecule has 0 atom stereocenters. The third-order valence-corrected chi connectivity index (χ3v) is 3.80. The van der Waals surface area contributed by atoms with Gasteiger partial charge in [0.25, 0.3) is 5.69 Å². The minimum absolute atomic E-state index is 0.0448. The summed E-state index contributed by atoms with van der Waals surface area (Å²) in [5.74, 6) is -0.353. The zero-order valence-corrected chi connectivity index (χ0v) is 14.1. The molecule has 0 heterocycles. The molecule has 126 valence electrons. The van der Waals surface area contributed by atoms with Crippen LogP contribution in [0.25, 0.3) is 0 Å². The van der Waals surface area contributed by atoms with Crippen molar-refractivity contribution in [2.75, 3.05) is 13.2 Å². The number of carbonyl (C=O) groups is 1. The molecule has 0 amide bonds. The molecule has 0 aromatic heterocycles. The fraction of sp³-hybridized carbons (Fsp3) is 0.188. The summed E-state index contributed by atoms with van der Waals surface area (Å²) in [6.45, 7) is 1.49. The van der Waals surface area contributed by atoms with Gasteiger partial charge < -0.3 is 9.47 Å². The van der Waals surface area contributed by atoms with Crippen molar-refractivity contribution in [1.82, 2.24) is 0 Å². The highest BCUT2D eigenvalue weighted by atomic mass is 35.5. The van der Waals surface area contributed by atoms with Crippen LogP contribution in [0.5, 0.6) is 5.75 Å². The van der Waals surface area contributed by atoms with E-state index in [1.165, 1.54) is 25.1 Å². The second-order valence-corrected chi connectivity index (χ2v) is 5.56. The number of esters is 1. The molecule has 0 saturated heterocycles. The molecule has 24 heavy (non-hydrogen) atoms. The Labute approximate surface area is 148 Å². The zero-order valence-electron chi connectivity index (χ0n) is 12.6. The van der Waals surface area contributed by atoms with Gasteiger partial charge in [-0.1, -0.05) is 35.3 Å². The molecule has 0 aliphatic carbocycles. The lowest BCUT2D eigenvalue weighted by molar-refractivity contribution is -0.385. The Morgan fingerprint density at radius 1 is 1.12 bits per heavy atom.